The molecular weight excluding hydrogens is 248 g/mol. The second kappa shape index (κ2) is 5.35. The van der Waals surface area contributed by atoms with Crippen molar-refractivity contribution in [2.24, 2.45) is 0 Å². The van der Waals surface area contributed by atoms with Gasteiger partial charge >= 0.3 is 5.97 Å². The first-order chi connectivity index (χ1) is 8.58. The molecule has 4 nitrogen and oxygen atoms in total. The summed E-state index contributed by atoms with van der Waals surface area (Å²) in [6.45, 7) is 4.70. The minimum Gasteiger partial charge on any atom is -0.481 e. The molecule has 2 N–H and O–H groups in total. The van der Waals surface area contributed by atoms with Gasteiger partial charge in [-0.05, 0) is 17.5 Å². The van der Waals surface area contributed by atoms with Crippen LogP contribution in [0.1, 0.15) is 31.7 Å². The molecule has 0 spiro atoms. The molecule has 1 aromatic carbocycles. The summed E-state index contributed by atoms with van der Waals surface area (Å²) in [7, 11) is 0. The van der Waals surface area contributed by atoms with E-state index in [4.69, 9.17) is 5.11 Å². The molecule has 0 aliphatic heterocycles. The molecular formula is C13H16N2O2S. The monoisotopic (exact) mass is 264 g/mol. The Morgan fingerprint density at radius 2 is 2.28 bits per heavy atom. The molecule has 1 heterocycles. The first-order valence-electron chi connectivity index (χ1n) is 5.93. The van der Waals surface area contributed by atoms with Crippen LogP contribution in [0.5, 0.6) is 0 Å². The van der Waals surface area contributed by atoms with Gasteiger partial charge in [0.05, 0.1) is 16.6 Å². The number of aliphatic carboxylic acids is 1. The zero-order chi connectivity index (χ0) is 13.1. The number of nitrogens with zero attached hydrogens (tertiary/aromatic N) is 1. The Bertz CT molecular complexity index is 563. The normalized spacial score (nSPS) is 11.1. The molecule has 0 radical (unpaired) electrons. The van der Waals surface area contributed by atoms with E-state index >= 15 is 0 Å². The summed E-state index contributed by atoms with van der Waals surface area (Å²) < 4.78 is 1.14. The maximum absolute atomic E-state index is 10.4. The van der Waals surface area contributed by atoms with Gasteiger partial charge in [0.2, 0.25) is 0 Å². The third-order valence-corrected chi connectivity index (χ3v) is 3.67. The minimum absolute atomic E-state index is 0.104. The Morgan fingerprint density at radius 1 is 1.50 bits per heavy atom. The van der Waals surface area contributed by atoms with Crippen molar-refractivity contribution in [3.8, 4) is 0 Å². The van der Waals surface area contributed by atoms with Gasteiger partial charge in [0, 0.05) is 6.54 Å². The molecule has 0 saturated carbocycles. The van der Waals surface area contributed by atoms with Crippen LogP contribution in [-0.4, -0.2) is 22.6 Å². The van der Waals surface area contributed by atoms with Gasteiger partial charge in [0.25, 0.3) is 0 Å². The van der Waals surface area contributed by atoms with Gasteiger partial charge in [-0.3, -0.25) is 4.79 Å². The zero-order valence-corrected chi connectivity index (χ0v) is 11.3. The fraction of sp³-hybridized carbons (Fsp3) is 0.385. The molecule has 5 heteroatoms. The quantitative estimate of drug-likeness (QED) is 0.869. The van der Waals surface area contributed by atoms with Crippen molar-refractivity contribution in [1.29, 1.82) is 0 Å². The SMILES string of the molecule is CC(C)c1cccc2sc(NCCC(=O)O)nc12. The summed E-state index contributed by atoms with van der Waals surface area (Å²) in [6.07, 6.45) is 0.104. The lowest BCUT2D eigenvalue weighted by Gasteiger charge is -2.04. The summed E-state index contributed by atoms with van der Waals surface area (Å²) in [5.74, 6) is -0.367. The van der Waals surface area contributed by atoms with Crippen molar-refractivity contribution < 1.29 is 9.90 Å². The van der Waals surface area contributed by atoms with Crippen LogP contribution in [0, 0.1) is 0 Å². The molecule has 2 rings (SSSR count). The van der Waals surface area contributed by atoms with Crippen LogP contribution in [-0.2, 0) is 4.79 Å². The Morgan fingerprint density at radius 3 is 2.94 bits per heavy atom. The van der Waals surface area contributed by atoms with Crippen molar-refractivity contribution >= 4 is 32.7 Å². The van der Waals surface area contributed by atoms with Crippen molar-refractivity contribution in [1.82, 2.24) is 4.98 Å². The van der Waals surface area contributed by atoms with Crippen LogP contribution < -0.4 is 5.32 Å². The number of fused-ring (bicyclic) bond motifs is 1. The number of rotatable bonds is 5. The summed E-state index contributed by atoms with van der Waals surface area (Å²) in [4.78, 5) is 15.0. The molecule has 0 amide bonds. The first kappa shape index (κ1) is 12.8. The average molecular weight is 264 g/mol. The second-order valence-electron chi connectivity index (χ2n) is 4.44. The maximum Gasteiger partial charge on any atom is 0.305 e. The van der Waals surface area contributed by atoms with Gasteiger partial charge in [0.15, 0.2) is 5.13 Å². The van der Waals surface area contributed by atoms with Crippen LogP contribution in [0.2, 0.25) is 0 Å². The second-order valence-corrected chi connectivity index (χ2v) is 5.47. The van der Waals surface area contributed by atoms with Gasteiger partial charge in [-0.25, -0.2) is 4.98 Å². The standard InChI is InChI=1S/C13H16N2O2S/c1-8(2)9-4-3-5-10-12(9)15-13(18-10)14-7-6-11(16)17/h3-5,8H,6-7H2,1-2H3,(H,14,15)(H,16,17). The molecule has 0 bridgehead atoms. The van der Waals surface area contributed by atoms with Crippen LogP contribution in [0.4, 0.5) is 5.13 Å². The number of anilines is 1. The molecule has 0 saturated heterocycles. The molecule has 0 aliphatic carbocycles. The fourth-order valence-corrected chi connectivity index (χ4v) is 2.71. The van der Waals surface area contributed by atoms with Crippen LogP contribution in [0.25, 0.3) is 10.2 Å². The minimum atomic E-state index is -0.800. The molecule has 0 aliphatic rings. The van der Waals surface area contributed by atoms with E-state index in [2.05, 4.69) is 30.2 Å². The number of carboxylic acids is 1. The Hall–Kier alpha value is -1.62. The van der Waals surface area contributed by atoms with Gasteiger partial charge in [-0.15, -0.1) is 0 Å². The molecule has 18 heavy (non-hydrogen) atoms. The number of hydrogen-bond donors (Lipinski definition) is 2. The Labute approximate surface area is 110 Å². The van der Waals surface area contributed by atoms with E-state index in [9.17, 15) is 4.79 Å². The Balaban J connectivity index is 2.21. The highest BCUT2D eigenvalue weighted by molar-refractivity contribution is 7.22. The predicted octanol–water partition coefficient (Wildman–Crippen LogP) is 3.31. The maximum atomic E-state index is 10.4. The highest BCUT2D eigenvalue weighted by Crippen LogP contribution is 2.31. The summed E-state index contributed by atoms with van der Waals surface area (Å²) in [6, 6.07) is 6.17. The molecule has 2 aromatic rings. The molecule has 0 fully saturated rings. The van der Waals surface area contributed by atoms with E-state index < -0.39 is 5.97 Å². The topological polar surface area (TPSA) is 62.2 Å². The van der Waals surface area contributed by atoms with Crippen molar-refractivity contribution in [2.45, 2.75) is 26.2 Å². The molecule has 96 valence electrons. The lowest BCUT2D eigenvalue weighted by Crippen LogP contribution is -2.07. The van der Waals surface area contributed by atoms with E-state index in [0.717, 1.165) is 15.3 Å². The smallest absolute Gasteiger partial charge is 0.305 e. The van der Waals surface area contributed by atoms with Gasteiger partial charge in [0.1, 0.15) is 0 Å². The van der Waals surface area contributed by atoms with E-state index in [1.807, 2.05) is 12.1 Å². The lowest BCUT2D eigenvalue weighted by atomic mass is 10.0. The number of carboxylic acid groups (broad SMARTS) is 1. The van der Waals surface area contributed by atoms with E-state index in [1.54, 1.807) is 11.3 Å². The number of hydrogen-bond acceptors (Lipinski definition) is 4. The van der Waals surface area contributed by atoms with Gasteiger partial charge in [-0.1, -0.05) is 37.3 Å². The number of aromatic nitrogens is 1. The summed E-state index contributed by atoms with van der Waals surface area (Å²) in [5, 5.41) is 12.4. The summed E-state index contributed by atoms with van der Waals surface area (Å²) in [5.41, 5.74) is 2.25. The molecule has 0 unspecified atom stereocenters. The van der Waals surface area contributed by atoms with Crippen LogP contribution >= 0.6 is 11.3 Å². The summed E-state index contributed by atoms with van der Waals surface area (Å²) >= 11 is 1.57. The fourth-order valence-electron chi connectivity index (χ4n) is 1.79. The zero-order valence-electron chi connectivity index (χ0n) is 10.4. The number of thiazole rings is 1. The third kappa shape index (κ3) is 2.79. The molecule has 0 atom stereocenters. The number of nitrogens with one attached hydrogen (secondary N) is 1. The van der Waals surface area contributed by atoms with E-state index in [0.29, 0.717) is 12.5 Å². The lowest BCUT2D eigenvalue weighted by molar-refractivity contribution is -0.136. The first-order valence-corrected chi connectivity index (χ1v) is 6.74. The largest absolute Gasteiger partial charge is 0.481 e. The van der Waals surface area contributed by atoms with E-state index in [1.165, 1.54) is 5.56 Å². The van der Waals surface area contributed by atoms with Crippen LogP contribution in [0.3, 0.4) is 0 Å². The third-order valence-electron chi connectivity index (χ3n) is 2.69. The van der Waals surface area contributed by atoms with Crippen LogP contribution in [0.15, 0.2) is 18.2 Å². The molecule has 1 aromatic heterocycles. The average Bonchev–Trinajstić information content (AvgIpc) is 2.70. The predicted molar refractivity (Wildman–Crippen MR) is 74.5 cm³/mol. The number of carbonyl (C=O) groups is 1. The Kier molecular flexibility index (Phi) is 3.81. The number of benzene rings is 1. The highest BCUT2D eigenvalue weighted by atomic mass is 32.1. The van der Waals surface area contributed by atoms with Crippen molar-refractivity contribution in [3.05, 3.63) is 23.8 Å². The van der Waals surface area contributed by atoms with Gasteiger partial charge in [-0.2, -0.15) is 0 Å². The van der Waals surface area contributed by atoms with Crippen molar-refractivity contribution in [3.63, 3.8) is 0 Å². The van der Waals surface area contributed by atoms with E-state index in [-0.39, 0.29) is 6.42 Å². The van der Waals surface area contributed by atoms with Gasteiger partial charge < -0.3 is 10.4 Å². The highest BCUT2D eigenvalue weighted by Gasteiger charge is 2.10. The number of para-hydroxylation sites is 1. The van der Waals surface area contributed by atoms with Crippen molar-refractivity contribution in [2.75, 3.05) is 11.9 Å².